The van der Waals surface area contributed by atoms with E-state index in [1.165, 1.54) is 0 Å². The molecular formula is C17H26IN5O2S. The van der Waals surface area contributed by atoms with Gasteiger partial charge in [-0.3, -0.25) is 9.67 Å². The van der Waals surface area contributed by atoms with Crippen molar-refractivity contribution in [1.82, 2.24) is 20.4 Å². The number of aryl methyl sites for hydroxylation is 2. The molecule has 1 aromatic carbocycles. The molecule has 2 rings (SSSR count). The number of hydrogen-bond acceptors (Lipinski definition) is 4. The van der Waals surface area contributed by atoms with Crippen molar-refractivity contribution < 1.29 is 8.42 Å². The molecule has 144 valence electrons. The predicted molar refractivity (Wildman–Crippen MR) is 115 cm³/mol. The standard InChI is InChI=1S/C17H25N5O2S.HI/c1-13-16(14(2)22(4)21-13)12-20-17(18-3)19-10-11-25(23,24)15-8-6-5-7-9-15;/h5-9H,10-12H2,1-4H3,(H2,18,19,20);1H. The Balaban J connectivity index is 0.00000338. The van der Waals surface area contributed by atoms with Gasteiger partial charge in [0.05, 0.1) is 16.3 Å². The highest BCUT2D eigenvalue weighted by Gasteiger charge is 2.14. The fraction of sp³-hybridized carbons (Fsp3) is 0.412. The molecule has 1 aromatic heterocycles. The molecule has 0 aliphatic carbocycles. The van der Waals surface area contributed by atoms with E-state index in [1.54, 1.807) is 37.4 Å². The van der Waals surface area contributed by atoms with E-state index in [9.17, 15) is 8.42 Å². The summed E-state index contributed by atoms with van der Waals surface area (Å²) in [6, 6.07) is 8.46. The fourth-order valence-electron chi connectivity index (χ4n) is 2.52. The van der Waals surface area contributed by atoms with Crippen molar-refractivity contribution in [2.45, 2.75) is 25.3 Å². The molecule has 0 aliphatic heterocycles. The Morgan fingerprint density at radius 2 is 1.85 bits per heavy atom. The lowest BCUT2D eigenvalue weighted by Gasteiger charge is -2.12. The molecule has 0 amide bonds. The van der Waals surface area contributed by atoms with Gasteiger partial charge in [0.2, 0.25) is 0 Å². The maximum absolute atomic E-state index is 12.3. The summed E-state index contributed by atoms with van der Waals surface area (Å²) in [5, 5.41) is 10.6. The largest absolute Gasteiger partial charge is 0.355 e. The highest BCUT2D eigenvalue weighted by molar-refractivity contribution is 14.0. The van der Waals surface area contributed by atoms with Crippen LogP contribution in [0.5, 0.6) is 0 Å². The molecule has 0 saturated heterocycles. The molecule has 0 atom stereocenters. The normalized spacial score (nSPS) is 11.8. The minimum Gasteiger partial charge on any atom is -0.355 e. The molecule has 0 bridgehead atoms. The van der Waals surface area contributed by atoms with E-state index in [0.29, 0.717) is 17.4 Å². The minimum atomic E-state index is -3.30. The van der Waals surface area contributed by atoms with Gasteiger partial charge in [-0.25, -0.2) is 8.42 Å². The van der Waals surface area contributed by atoms with Gasteiger partial charge in [-0.1, -0.05) is 18.2 Å². The number of benzene rings is 1. The van der Waals surface area contributed by atoms with Crippen LogP contribution in [0.15, 0.2) is 40.2 Å². The van der Waals surface area contributed by atoms with Gasteiger partial charge in [0, 0.05) is 38.4 Å². The van der Waals surface area contributed by atoms with Crippen LogP contribution in [0.25, 0.3) is 0 Å². The van der Waals surface area contributed by atoms with E-state index < -0.39 is 9.84 Å². The number of nitrogens with one attached hydrogen (secondary N) is 2. The first-order valence-electron chi connectivity index (χ1n) is 8.06. The average Bonchev–Trinajstić information content (AvgIpc) is 2.84. The second-order valence-corrected chi connectivity index (χ2v) is 7.87. The zero-order valence-electron chi connectivity index (χ0n) is 15.5. The molecule has 1 heterocycles. The van der Waals surface area contributed by atoms with E-state index in [0.717, 1.165) is 17.0 Å². The van der Waals surface area contributed by atoms with Crippen LogP contribution in [-0.4, -0.2) is 43.5 Å². The van der Waals surface area contributed by atoms with E-state index in [2.05, 4.69) is 20.7 Å². The number of aromatic nitrogens is 2. The van der Waals surface area contributed by atoms with Crippen LogP contribution < -0.4 is 10.6 Å². The Hall–Kier alpha value is -1.62. The summed E-state index contributed by atoms with van der Waals surface area (Å²) in [4.78, 5) is 4.47. The lowest BCUT2D eigenvalue weighted by molar-refractivity contribution is 0.594. The van der Waals surface area contributed by atoms with Crippen molar-refractivity contribution in [3.63, 3.8) is 0 Å². The van der Waals surface area contributed by atoms with Gasteiger partial charge in [0.15, 0.2) is 15.8 Å². The van der Waals surface area contributed by atoms with Crippen molar-refractivity contribution in [2.24, 2.45) is 12.0 Å². The number of halogens is 1. The number of sulfone groups is 1. The van der Waals surface area contributed by atoms with Crippen molar-refractivity contribution in [1.29, 1.82) is 0 Å². The number of rotatable bonds is 6. The summed E-state index contributed by atoms with van der Waals surface area (Å²) in [7, 11) is 0.267. The van der Waals surface area contributed by atoms with Crippen molar-refractivity contribution >= 4 is 39.8 Å². The molecule has 7 nitrogen and oxygen atoms in total. The second kappa shape index (κ2) is 9.91. The third-order valence-electron chi connectivity index (χ3n) is 4.08. The molecule has 0 saturated carbocycles. The first kappa shape index (κ1) is 22.4. The molecule has 0 unspecified atom stereocenters. The Morgan fingerprint density at radius 1 is 1.19 bits per heavy atom. The first-order valence-corrected chi connectivity index (χ1v) is 9.71. The molecule has 26 heavy (non-hydrogen) atoms. The third kappa shape index (κ3) is 5.70. The van der Waals surface area contributed by atoms with Gasteiger partial charge in [0.1, 0.15) is 0 Å². The highest BCUT2D eigenvalue weighted by Crippen LogP contribution is 2.11. The summed E-state index contributed by atoms with van der Waals surface area (Å²) < 4.78 is 26.4. The summed E-state index contributed by atoms with van der Waals surface area (Å²) >= 11 is 0. The van der Waals surface area contributed by atoms with Crippen LogP contribution in [0.2, 0.25) is 0 Å². The zero-order chi connectivity index (χ0) is 18.4. The Labute approximate surface area is 172 Å². The molecule has 9 heteroatoms. The van der Waals surface area contributed by atoms with Gasteiger partial charge < -0.3 is 10.6 Å². The minimum absolute atomic E-state index is 0. The summed E-state index contributed by atoms with van der Waals surface area (Å²) in [5.74, 6) is 0.564. The van der Waals surface area contributed by atoms with Crippen molar-refractivity contribution in [3.8, 4) is 0 Å². The maximum atomic E-state index is 12.3. The first-order chi connectivity index (χ1) is 11.8. The molecular weight excluding hydrogens is 465 g/mol. The van der Waals surface area contributed by atoms with Gasteiger partial charge in [0.25, 0.3) is 0 Å². The molecule has 2 aromatic rings. The van der Waals surface area contributed by atoms with Crippen LogP contribution in [0.3, 0.4) is 0 Å². The summed E-state index contributed by atoms with van der Waals surface area (Å²) in [5.41, 5.74) is 3.17. The highest BCUT2D eigenvalue weighted by atomic mass is 127. The number of nitrogens with zero attached hydrogens (tertiary/aromatic N) is 3. The van der Waals surface area contributed by atoms with Crippen LogP contribution in [0, 0.1) is 13.8 Å². The van der Waals surface area contributed by atoms with E-state index in [1.807, 2.05) is 25.6 Å². The van der Waals surface area contributed by atoms with E-state index in [-0.39, 0.29) is 36.3 Å². The monoisotopic (exact) mass is 491 g/mol. The van der Waals surface area contributed by atoms with Crippen LogP contribution >= 0.6 is 24.0 Å². The Bertz CT molecular complexity index is 848. The average molecular weight is 491 g/mol. The number of hydrogen-bond donors (Lipinski definition) is 2. The molecule has 0 radical (unpaired) electrons. The summed E-state index contributed by atoms with van der Waals surface area (Å²) in [6.07, 6.45) is 0. The Kier molecular flexibility index (Phi) is 8.54. The topological polar surface area (TPSA) is 88.4 Å². The maximum Gasteiger partial charge on any atom is 0.191 e. The quantitative estimate of drug-likeness (QED) is 0.366. The van der Waals surface area contributed by atoms with Gasteiger partial charge in [-0.2, -0.15) is 5.10 Å². The lowest BCUT2D eigenvalue weighted by Crippen LogP contribution is -2.39. The predicted octanol–water partition coefficient (Wildman–Crippen LogP) is 1.79. The van der Waals surface area contributed by atoms with E-state index in [4.69, 9.17) is 0 Å². The van der Waals surface area contributed by atoms with Gasteiger partial charge in [-0.05, 0) is 26.0 Å². The molecule has 2 N–H and O–H groups in total. The SMILES string of the molecule is CN=C(NCCS(=O)(=O)c1ccccc1)NCc1c(C)nn(C)c1C.I. The Morgan fingerprint density at radius 3 is 2.38 bits per heavy atom. The molecule has 0 fully saturated rings. The van der Waals surface area contributed by atoms with Crippen LogP contribution in [0.1, 0.15) is 17.0 Å². The van der Waals surface area contributed by atoms with Crippen LogP contribution in [0.4, 0.5) is 0 Å². The third-order valence-corrected chi connectivity index (χ3v) is 5.81. The zero-order valence-corrected chi connectivity index (χ0v) is 18.6. The van der Waals surface area contributed by atoms with Gasteiger partial charge >= 0.3 is 0 Å². The number of guanidine groups is 1. The number of aliphatic imine (C=N–C) groups is 1. The lowest BCUT2D eigenvalue weighted by atomic mass is 10.2. The van der Waals surface area contributed by atoms with E-state index >= 15 is 0 Å². The smallest absolute Gasteiger partial charge is 0.191 e. The fourth-order valence-corrected chi connectivity index (χ4v) is 3.69. The van der Waals surface area contributed by atoms with Crippen molar-refractivity contribution in [2.75, 3.05) is 19.3 Å². The van der Waals surface area contributed by atoms with Crippen LogP contribution in [-0.2, 0) is 23.4 Å². The van der Waals surface area contributed by atoms with Crippen molar-refractivity contribution in [3.05, 3.63) is 47.3 Å². The summed E-state index contributed by atoms with van der Waals surface area (Å²) in [6.45, 7) is 4.84. The van der Waals surface area contributed by atoms with Gasteiger partial charge in [-0.15, -0.1) is 24.0 Å². The second-order valence-electron chi connectivity index (χ2n) is 5.76. The molecule has 0 aliphatic rings. The molecule has 0 spiro atoms.